The van der Waals surface area contributed by atoms with Crippen LogP contribution >= 0.6 is 0 Å². The Labute approximate surface area is 98.1 Å². The number of carbonyl (C=O) groups excluding carboxylic acids is 1. The Morgan fingerprint density at radius 3 is 2.81 bits per heavy atom. The van der Waals surface area contributed by atoms with Gasteiger partial charge < -0.3 is 4.74 Å². The summed E-state index contributed by atoms with van der Waals surface area (Å²) in [7, 11) is 0. The van der Waals surface area contributed by atoms with Gasteiger partial charge in [-0.3, -0.25) is 0 Å². The van der Waals surface area contributed by atoms with Gasteiger partial charge in [0.05, 0.1) is 0 Å². The van der Waals surface area contributed by atoms with Crippen molar-refractivity contribution in [3.05, 3.63) is 11.6 Å². The first-order valence-corrected chi connectivity index (χ1v) is 6.68. The predicted molar refractivity (Wildman–Crippen MR) is 64.0 cm³/mol. The largest absolute Gasteiger partial charge is 0.458 e. The standard InChI is InChI=1S/C14H22O2/c1-2-3-4-5-6-7-11-8-13(11)12-9-14(15)16-10-12/h9,11,13H,2-8,10H2,1H3/t11-,13-/m1/s1. The Balaban J connectivity index is 1.57. The first-order chi connectivity index (χ1) is 7.81. The van der Waals surface area contributed by atoms with Crippen molar-refractivity contribution in [2.75, 3.05) is 6.61 Å². The highest BCUT2D eigenvalue weighted by atomic mass is 16.5. The summed E-state index contributed by atoms with van der Waals surface area (Å²) in [6.07, 6.45) is 11.2. The number of rotatable bonds is 7. The van der Waals surface area contributed by atoms with Gasteiger partial charge in [-0.05, 0) is 30.3 Å². The van der Waals surface area contributed by atoms with Crippen LogP contribution in [-0.2, 0) is 9.53 Å². The van der Waals surface area contributed by atoms with Crippen LogP contribution in [0.4, 0.5) is 0 Å². The second kappa shape index (κ2) is 5.51. The Kier molecular flexibility index (Phi) is 4.03. The van der Waals surface area contributed by atoms with Gasteiger partial charge in [0.2, 0.25) is 0 Å². The molecule has 2 nitrogen and oxygen atoms in total. The van der Waals surface area contributed by atoms with E-state index in [9.17, 15) is 4.79 Å². The molecule has 0 aromatic rings. The maximum atomic E-state index is 10.9. The van der Waals surface area contributed by atoms with Crippen molar-refractivity contribution < 1.29 is 9.53 Å². The van der Waals surface area contributed by atoms with Crippen LogP contribution in [0.2, 0.25) is 0 Å². The van der Waals surface area contributed by atoms with Crippen LogP contribution in [-0.4, -0.2) is 12.6 Å². The highest BCUT2D eigenvalue weighted by Gasteiger charge is 2.40. The van der Waals surface area contributed by atoms with E-state index in [1.165, 1.54) is 50.5 Å². The summed E-state index contributed by atoms with van der Waals surface area (Å²) in [5.74, 6) is 1.39. The Bertz CT molecular complexity index is 280. The van der Waals surface area contributed by atoms with E-state index in [4.69, 9.17) is 4.74 Å². The van der Waals surface area contributed by atoms with Crippen LogP contribution in [0.15, 0.2) is 11.6 Å². The Morgan fingerprint density at radius 2 is 2.12 bits per heavy atom. The van der Waals surface area contributed by atoms with Crippen LogP contribution in [0.1, 0.15) is 51.9 Å². The maximum Gasteiger partial charge on any atom is 0.331 e. The third-order valence-corrected chi connectivity index (χ3v) is 3.76. The molecule has 0 aromatic heterocycles. The molecule has 0 N–H and O–H groups in total. The van der Waals surface area contributed by atoms with Gasteiger partial charge in [0.15, 0.2) is 0 Å². The molecule has 90 valence electrons. The van der Waals surface area contributed by atoms with Gasteiger partial charge in [-0.25, -0.2) is 4.79 Å². The Morgan fingerprint density at radius 1 is 1.31 bits per heavy atom. The van der Waals surface area contributed by atoms with Crippen LogP contribution < -0.4 is 0 Å². The van der Waals surface area contributed by atoms with Gasteiger partial charge in [0, 0.05) is 6.08 Å². The van der Waals surface area contributed by atoms with E-state index < -0.39 is 0 Å². The molecule has 0 radical (unpaired) electrons. The fourth-order valence-corrected chi connectivity index (χ4v) is 2.63. The molecule has 1 aliphatic heterocycles. The van der Waals surface area contributed by atoms with Crippen molar-refractivity contribution in [1.29, 1.82) is 0 Å². The molecule has 0 aromatic carbocycles. The number of carbonyl (C=O) groups is 1. The lowest BCUT2D eigenvalue weighted by Gasteiger charge is -2.01. The monoisotopic (exact) mass is 222 g/mol. The SMILES string of the molecule is CCCCCCC[C@@H]1C[C@H]1C1=CC(=O)OC1. The summed E-state index contributed by atoms with van der Waals surface area (Å²) in [4.78, 5) is 10.9. The minimum atomic E-state index is -0.136. The maximum absolute atomic E-state index is 10.9. The number of hydrogen-bond donors (Lipinski definition) is 0. The van der Waals surface area contributed by atoms with Crippen molar-refractivity contribution >= 4 is 5.97 Å². The third kappa shape index (κ3) is 3.10. The third-order valence-electron chi connectivity index (χ3n) is 3.76. The van der Waals surface area contributed by atoms with E-state index >= 15 is 0 Å². The number of hydrogen-bond acceptors (Lipinski definition) is 2. The first-order valence-electron chi connectivity index (χ1n) is 6.68. The summed E-state index contributed by atoms with van der Waals surface area (Å²) in [6, 6.07) is 0. The number of esters is 1. The molecule has 0 amide bonds. The summed E-state index contributed by atoms with van der Waals surface area (Å²) in [5.41, 5.74) is 1.25. The molecule has 2 aliphatic rings. The number of ether oxygens (including phenoxy) is 1. The molecule has 0 bridgehead atoms. The van der Waals surface area contributed by atoms with Crippen molar-refractivity contribution in [3.8, 4) is 0 Å². The topological polar surface area (TPSA) is 26.3 Å². The average molecular weight is 222 g/mol. The zero-order chi connectivity index (χ0) is 11.4. The summed E-state index contributed by atoms with van der Waals surface area (Å²) in [6.45, 7) is 2.82. The lowest BCUT2D eigenvalue weighted by molar-refractivity contribution is -0.134. The molecule has 2 atom stereocenters. The van der Waals surface area contributed by atoms with Gasteiger partial charge in [-0.2, -0.15) is 0 Å². The molecule has 1 fully saturated rings. The lowest BCUT2D eigenvalue weighted by Crippen LogP contribution is -1.94. The van der Waals surface area contributed by atoms with Gasteiger partial charge >= 0.3 is 5.97 Å². The fraction of sp³-hybridized carbons (Fsp3) is 0.786. The van der Waals surface area contributed by atoms with E-state index in [0.717, 1.165) is 5.92 Å². The Hall–Kier alpha value is -0.790. The lowest BCUT2D eigenvalue weighted by atomic mass is 10.1. The molecule has 0 spiro atoms. The van der Waals surface area contributed by atoms with Crippen LogP contribution in [0, 0.1) is 11.8 Å². The summed E-state index contributed by atoms with van der Waals surface area (Å²) < 4.78 is 4.94. The average Bonchev–Trinajstić information content (AvgIpc) is 2.92. The van der Waals surface area contributed by atoms with Crippen LogP contribution in [0.5, 0.6) is 0 Å². The molecule has 1 saturated carbocycles. The highest BCUT2D eigenvalue weighted by molar-refractivity contribution is 5.85. The molecular weight excluding hydrogens is 200 g/mol. The molecule has 16 heavy (non-hydrogen) atoms. The van der Waals surface area contributed by atoms with E-state index in [-0.39, 0.29) is 5.97 Å². The molecular formula is C14H22O2. The van der Waals surface area contributed by atoms with Crippen molar-refractivity contribution in [2.45, 2.75) is 51.9 Å². The zero-order valence-electron chi connectivity index (χ0n) is 10.2. The van der Waals surface area contributed by atoms with E-state index in [1.54, 1.807) is 6.08 Å². The van der Waals surface area contributed by atoms with Gasteiger partial charge in [0.25, 0.3) is 0 Å². The highest BCUT2D eigenvalue weighted by Crippen LogP contribution is 2.48. The van der Waals surface area contributed by atoms with E-state index in [2.05, 4.69) is 6.92 Å². The molecule has 1 heterocycles. The summed E-state index contributed by atoms with van der Waals surface area (Å²) >= 11 is 0. The van der Waals surface area contributed by atoms with Crippen molar-refractivity contribution in [2.24, 2.45) is 11.8 Å². The zero-order valence-corrected chi connectivity index (χ0v) is 10.2. The second-order valence-corrected chi connectivity index (χ2v) is 5.13. The van der Waals surface area contributed by atoms with Crippen molar-refractivity contribution in [1.82, 2.24) is 0 Å². The van der Waals surface area contributed by atoms with E-state index in [1.807, 2.05) is 0 Å². The molecule has 2 rings (SSSR count). The molecule has 2 heteroatoms. The molecule has 0 unspecified atom stereocenters. The summed E-state index contributed by atoms with van der Waals surface area (Å²) in [5, 5.41) is 0. The van der Waals surface area contributed by atoms with Crippen LogP contribution in [0.3, 0.4) is 0 Å². The van der Waals surface area contributed by atoms with Gasteiger partial charge in [-0.15, -0.1) is 0 Å². The van der Waals surface area contributed by atoms with Gasteiger partial charge in [0.1, 0.15) is 6.61 Å². The molecule has 0 saturated heterocycles. The smallest absolute Gasteiger partial charge is 0.331 e. The fourth-order valence-electron chi connectivity index (χ4n) is 2.63. The first kappa shape index (κ1) is 11.7. The van der Waals surface area contributed by atoms with Crippen molar-refractivity contribution in [3.63, 3.8) is 0 Å². The number of unbranched alkanes of at least 4 members (excludes halogenated alkanes) is 4. The number of cyclic esters (lactones) is 1. The minimum absolute atomic E-state index is 0.136. The second-order valence-electron chi connectivity index (χ2n) is 5.13. The quantitative estimate of drug-likeness (QED) is 0.487. The predicted octanol–water partition coefficient (Wildman–Crippen LogP) is 3.47. The normalized spacial score (nSPS) is 27.8. The minimum Gasteiger partial charge on any atom is -0.458 e. The molecule has 1 aliphatic carbocycles. The van der Waals surface area contributed by atoms with Gasteiger partial charge in [-0.1, -0.05) is 39.0 Å². The van der Waals surface area contributed by atoms with Crippen LogP contribution in [0.25, 0.3) is 0 Å². The van der Waals surface area contributed by atoms with E-state index in [0.29, 0.717) is 12.5 Å².